The molecule has 0 saturated carbocycles. The van der Waals surface area contributed by atoms with Gasteiger partial charge >= 0.3 is 0 Å². The second-order valence-electron chi connectivity index (χ2n) is 3.90. The van der Waals surface area contributed by atoms with Crippen molar-refractivity contribution >= 4 is 11.6 Å². The molecule has 0 amide bonds. The maximum atomic E-state index is 11.9. The van der Waals surface area contributed by atoms with Gasteiger partial charge in [0.25, 0.3) is 5.56 Å². The summed E-state index contributed by atoms with van der Waals surface area (Å²) < 4.78 is 3.17. The molecule has 7 heteroatoms. The largest absolute Gasteiger partial charge is 0.384 e. The fourth-order valence-electron chi connectivity index (χ4n) is 1.63. The molecule has 0 aromatic carbocycles. The number of aryl methyl sites for hydroxylation is 2. The maximum Gasteiger partial charge on any atom is 0.293 e. The number of hydrogen-bond acceptors (Lipinski definition) is 5. The molecule has 18 heavy (non-hydrogen) atoms. The average molecular weight is 248 g/mol. The number of nitrogens with two attached hydrogens (primary N) is 1. The van der Waals surface area contributed by atoms with Gasteiger partial charge in [0.2, 0.25) is 0 Å². The molecule has 0 saturated heterocycles. The molecule has 0 aliphatic rings. The van der Waals surface area contributed by atoms with Crippen molar-refractivity contribution in [2.24, 2.45) is 7.05 Å². The molecule has 0 atom stereocenters. The van der Waals surface area contributed by atoms with E-state index in [-0.39, 0.29) is 5.56 Å². The minimum atomic E-state index is -0.137. The van der Waals surface area contributed by atoms with E-state index in [1.165, 1.54) is 0 Å². The molecule has 0 spiro atoms. The first-order valence-corrected chi connectivity index (χ1v) is 5.69. The second-order valence-corrected chi connectivity index (χ2v) is 3.90. The van der Waals surface area contributed by atoms with Crippen molar-refractivity contribution in [3.05, 3.63) is 34.5 Å². The van der Waals surface area contributed by atoms with E-state index < -0.39 is 0 Å². The van der Waals surface area contributed by atoms with Crippen LogP contribution in [-0.4, -0.2) is 19.3 Å². The molecule has 7 nitrogen and oxygen atoms in total. The number of nitrogen functional groups attached to an aromatic ring is 1. The van der Waals surface area contributed by atoms with Crippen LogP contribution in [0, 0.1) is 0 Å². The maximum absolute atomic E-state index is 11.9. The second kappa shape index (κ2) is 4.91. The SMILES string of the molecule is CCn1ccnc(NCc2cnn(C)c2N)c1=O. The lowest BCUT2D eigenvalue weighted by Crippen LogP contribution is -2.23. The molecular weight excluding hydrogens is 232 g/mol. The Bertz CT molecular complexity index is 600. The predicted octanol–water partition coefficient (Wildman–Crippen LogP) is 0.191. The van der Waals surface area contributed by atoms with Crippen LogP contribution in [0.15, 0.2) is 23.4 Å². The molecule has 2 heterocycles. The fourth-order valence-corrected chi connectivity index (χ4v) is 1.63. The van der Waals surface area contributed by atoms with Crippen LogP contribution in [0.5, 0.6) is 0 Å². The standard InChI is InChI=1S/C11H16N6O/c1-3-17-5-4-13-10(11(17)18)14-6-8-7-15-16(2)9(8)12/h4-5,7H,3,6,12H2,1-2H3,(H,13,14). The molecule has 96 valence electrons. The first-order chi connectivity index (χ1) is 8.63. The van der Waals surface area contributed by atoms with Gasteiger partial charge in [-0.05, 0) is 6.92 Å². The molecule has 2 aromatic rings. The van der Waals surface area contributed by atoms with E-state index in [1.54, 1.807) is 34.9 Å². The zero-order chi connectivity index (χ0) is 13.1. The molecular formula is C11H16N6O. The third-order valence-electron chi connectivity index (χ3n) is 2.77. The van der Waals surface area contributed by atoms with Gasteiger partial charge in [-0.1, -0.05) is 0 Å². The first-order valence-electron chi connectivity index (χ1n) is 5.69. The van der Waals surface area contributed by atoms with Crippen molar-refractivity contribution in [3.63, 3.8) is 0 Å². The highest BCUT2D eigenvalue weighted by molar-refractivity contribution is 5.42. The predicted molar refractivity (Wildman–Crippen MR) is 69.1 cm³/mol. The smallest absolute Gasteiger partial charge is 0.293 e. The van der Waals surface area contributed by atoms with Gasteiger partial charge in [-0.3, -0.25) is 9.48 Å². The number of anilines is 2. The molecule has 3 N–H and O–H groups in total. The van der Waals surface area contributed by atoms with E-state index >= 15 is 0 Å². The van der Waals surface area contributed by atoms with Crippen molar-refractivity contribution in [2.75, 3.05) is 11.1 Å². The summed E-state index contributed by atoms with van der Waals surface area (Å²) in [6, 6.07) is 0. The van der Waals surface area contributed by atoms with E-state index in [0.717, 1.165) is 5.56 Å². The van der Waals surface area contributed by atoms with Crippen LogP contribution in [-0.2, 0) is 20.1 Å². The number of nitrogens with one attached hydrogen (secondary N) is 1. The Hall–Kier alpha value is -2.31. The summed E-state index contributed by atoms with van der Waals surface area (Å²) in [4.78, 5) is 15.9. The van der Waals surface area contributed by atoms with Gasteiger partial charge in [-0.15, -0.1) is 0 Å². The minimum Gasteiger partial charge on any atom is -0.384 e. The third kappa shape index (κ3) is 2.20. The molecule has 0 radical (unpaired) electrons. The van der Waals surface area contributed by atoms with Crippen molar-refractivity contribution < 1.29 is 0 Å². The zero-order valence-electron chi connectivity index (χ0n) is 10.4. The van der Waals surface area contributed by atoms with Crippen molar-refractivity contribution in [1.82, 2.24) is 19.3 Å². The molecule has 0 fully saturated rings. The summed E-state index contributed by atoms with van der Waals surface area (Å²) in [5, 5.41) is 7.01. The number of hydrogen-bond donors (Lipinski definition) is 2. The summed E-state index contributed by atoms with van der Waals surface area (Å²) in [6.45, 7) is 2.95. The summed E-state index contributed by atoms with van der Waals surface area (Å²) in [7, 11) is 1.77. The summed E-state index contributed by atoms with van der Waals surface area (Å²) >= 11 is 0. The lowest BCUT2D eigenvalue weighted by molar-refractivity contribution is 0.718. The van der Waals surface area contributed by atoms with E-state index in [2.05, 4.69) is 15.4 Å². The number of aromatic nitrogens is 4. The van der Waals surface area contributed by atoms with Gasteiger partial charge in [0.15, 0.2) is 5.82 Å². The van der Waals surface area contributed by atoms with Gasteiger partial charge in [0.1, 0.15) is 5.82 Å². The third-order valence-corrected chi connectivity index (χ3v) is 2.77. The van der Waals surface area contributed by atoms with Crippen LogP contribution in [0.1, 0.15) is 12.5 Å². The monoisotopic (exact) mass is 248 g/mol. The van der Waals surface area contributed by atoms with Crippen molar-refractivity contribution in [1.29, 1.82) is 0 Å². The fraction of sp³-hybridized carbons (Fsp3) is 0.364. The average Bonchev–Trinajstić information content (AvgIpc) is 2.69. The normalized spacial score (nSPS) is 10.6. The highest BCUT2D eigenvalue weighted by atomic mass is 16.1. The van der Waals surface area contributed by atoms with Crippen molar-refractivity contribution in [2.45, 2.75) is 20.0 Å². The Morgan fingerprint density at radius 1 is 1.50 bits per heavy atom. The van der Waals surface area contributed by atoms with Crippen LogP contribution in [0.25, 0.3) is 0 Å². The van der Waals surface area contributed by atoms with Gasteiger partial charge in [0, 0.05) is 38.1 Å². The number of rotatable bonds is 4. The van der Waals surface area contributed by atoms with E-state index in [9.17, 15) is 4.79 Å². The number of nitrogens with zero attached hydrogens (tertiary/aromatic N) is 4. The Labute approximate surface area is 104 Å². The van der Waals surface area contributed by atoms with Crippen molar-refractivity contribution in [3.8, 4) is 0 Å². The quantitative estimate of drug-likeness (QED) is 0.806. The van der Waals surface area contributed by atoms with Gasteiger partial charge in [-0.25, -0.2) is 4.98 Å². The topological polar surface area (TPSA) is 90.8 Å². The highest BCUT2D eigenvalue weighted by Crippen LogP contribution is 2.10. The molecule has 0 aliphatic carbocycles. The molecule has 2 aromatic heterocycles. The Morgan fingerprint density at radius 2 is 2.28 bits per heavy atom. The molecule has 0 unspecified atom stereocenters. The summed E-state index contributed by atoms with van der Waals surface area (Å²) in [5.41, 5.74) is 6.52. The van der Waals surface area contributed by atoms with Crippen LogP contribution < -0.4 is 16.6 Å². The van der Waals surface area contributed by atoms with Crippen LogP contribution >= 0.6 is 0 Å². The lowest BCUT2D eigenvalue weighted by Gasteiger charge is -2.06. The first kappa shape index (κ1) is 12.2. The van der Waals surface area contributed by atoms with Crippen LogP contribution in [0.3, 0.4) is 0 Å². The highest BCUT2D eigenvalue weighted by Gasteiger charge is 2.07. The Balaban J connectivity index is 2.16. The molecule has 2 rings (SSSR count). The van der Waals surface area contributed by atoms with Crippen LogP contribution in [0.2, 0.25) is 0 Å². The zero-order valence-corrected chi connectivity index (χ0v) is 10.4. The Kier molecular flexibility index (Phi) is 3.31. The summed E-state index contributed by atoms with van der Waals surface area (Å²) in [6.07, 6.45) is 4.93. The molecule has 0 bridgehead atoms. The van der Waals surface area contributed by atoms with E-state index in [1.807, 2.05) is 6.92 Å². The summed E-state index contributed by atoms with van der Waals surface area (Å²) in [5.74, 6) is 0.900. The van der Waals surface area contributed by atoms with E-state index in [0.29, 0.717) is 24.7 Å². The van der Waals surface area contributed by atoms with Gasteiger partial charge in [-0.2, -0.15) is 5.10 Å². The van der Waals surface area contributed by atoms with Gasteiger partial charge in [0.05, 0.1) is 6.20 Å². The van der Waals surface area contributed by atoms with Gasteiger partial charge < -0.3 is 15.6 Å². The Morgan fingerprint density at radius 3 is 2.89 bits per heavy atom. The van der Waals surface area contributed by atoms with E-state index in [4.69, 9.17) is 5.73 Å². The minimum absolute atomic E-state index is 0.137. The molecule has 0 aliphatic heterocycles. The van der Waals surface area contributed by atoms with Crippen LogP contribution in [0.4, 0.5) is 11.6 Å². The lowest BCUT2D eigenvalue weighted by atomic mass is 10.3.